The van der Waals surface area contributed by atoms with E-state index in [1.807, 2.05) is 0 Å². The van der Waals surface area contributed by atoms with Crippen LogP contribution in [0.3, 0.4) is 0 Å². The molecule has 0 aliphatic heterocycles. The zero-order chi connectivity index (χ0) is 7.98. The van der Waals surface area contributed by atoms with Crippen molar-refractivity contribution in [3.63, 3.8) is 0 Å². The van der Waals surface area contributed by atoms with Crippen molar-refractivity contribution in [1.29, 1.82) is 0 Å². The zero-order valence-corrected chi connectivity index (χ0v) is 7.32. The topological polar surface area (TPSA) is 24.7 Å². The lowest BCUT2D eigenvalue weighted by Crippen LogP contribution is -1.79. The van der Waals surface area contributed by atoms with Gasteiger partial charge in [0.2, 0.25) is 0 Å². The first-order valence-corrected chi connectivity index (χ1v) is 3.44. The van der Waals surface area contributed by atoms with Gasteiger partial charge in [0.25, 0.3) is 0 Å². The van der Waals surface area contributed by atoms with Crippen molar-refractivity contribution in [2.24, 2.45) is 9.98 Å². The molecule has 0 heterocycles. The van der Waals surface area contributed by atoms with Crippen molar-refractivity contribution >= 4 is 34.6 Å². The van der Waals surface area contributed by atoms with Crippen LogP contribution >= 0.6 is 23.2 Å². The smallest absolute Gasteiger partial charge is 0.131 e. The summed E-state index contributed by atoms with van der Waals surface area (Å²) >= 11 is 11.1. The largest absolute Gasteiger partial charge is 0.276 e. The SMILES string of the molecule is C/C=N/C(Cl)=C\C(Cl)=NC. The molecule has 0 atom stereocenters. The van der Waals surface area contributed by atoms with Gasteiger partial charge in [-0.3, -0.25) is 4.99 Å². The van der Waals surface area contributed by atoms with Crippen molar-refractivity contribution in [2.75, 3.05) is 7.05 Å². The molecule has 0 fully saturated rings. The molecule has 0 saturated carbocycles. The first-order chi connectivity index (χ1) is 4.70. The van der Waals surface area contributed by atoms with E-state index < -0.39 is 0 Å². The molecule has 0 radical (unpaired) electrons. The molecule has 0 aliphatic rings. The lowest BCUT2D eigenvalue weighted by atomic mass is 10.6. The van der Waals surface area contributed by atoms with Crippen LogP contribution in [0.1, 0.15) is 6.92 Å². The molecule has 0 spiro atoms. The summed E-state index contributed by atoms with van der Waals surface area (Å²) in [6.07, 6.45) is 3.06. The van der Waals surface area contributed by atoms with Crippen LogP contribution in [-0.2, 0) is 0 Å². The van der Waals surface area contributed by atoms with E-state index in [0.29, 0.717) is 10.3 Å². The Balaban J connectivity index is 4.16. The van der Waals surface area contributed by atoms with Crippen molar-refractivity contribution in [3.05, 3.63) is 11.2 Å². The fraction of sp³-hybridized carbons (Fsp3) is 0.333. The third kappa shape index (κ3) is 4.53. The number of hydrogen-bond acceptors (Lipinski definition) is 2. The quantitative estimate of drug-likeness (QED) is 0.459. The Morgan fingerprint density at radius 3 is 2.40 bits per heavy atom. The molecule has 0 unspecified atom stereocenters. The molecule has 56 valence electrons. The fourth-order valence-electron chi connectivity index (χ4n) is 0.323. The van der Waals surface area contributed by atoms with Crippen molar-refractivity contribution in [1.82, 2.24) is 0 Å². The van der Waals surface area contributed by atoms with Gasteiger partial charge < -0.3 is 0 Å². The summed E-state index contributed by atoms with van der Waals surface area (Å²) in [5.74, 6) is 0. The van der Waals surface area contributed by atoms with Crippen LogP contribution in [0.2, 0.25) is 0 Å². The maximum absolute atomic E-state index is 5.55. The van der Waals surface area contributed by atoms with E-state index in [-0.39, 0.29) is 0 Å². The van der Waals surface area contributed by atoms with Crippen LogP contribution in [0.25, 0.3) is 0 Å². The molecule has 0 saturated heterocycles. The van der Waals surface area contributed by atoms with Crippen LogP contribution in [0.15, 0.2) is 21.2 Å². The summed E-state index contributed by atoms with van der Waals surface area (Å²) in [7, 11) is 1.58. The molecular weight excluding hydrogens is 171 g/mol. The number of allylic oxidation sites excluding steroid dienone is 1. The van der Waals surface area contributed by atoms with Crippen LogP contribution < -0.4 is 0 Å². The highest BCUT2D eigenvalue weighted by atomic mass is 35.5. The number of rotatable bonds is 2. The highest BCUT2D eigenvalue weighted by molar-refractivity contribution is 6.68. The van der Waals surface area contributed by atoms with Gasteiger partial charge in [-0.15, -0.1) is 0 Å². The molecule has 4 heteroatoms. The average Bonchev–Trinajstić information content (AvgIpc) is 1.88. The third-order valence-corrected chi connectivity index (χ3v) is 1.19. The van der Waals surface area contributed by atoms with E-state index in [9.17, 15) is 0 Å². The molecule has 10 heavy (non-hydrogen) atoms. The molecule has 0 amide bonds. The van der Waals surface area contributed by atoms with Gasteiger partial charge in [-0.2, -0.15) is 0 Å². The second-order valence-electron chi connectivity index (χ2n) is 1.40. The third-order valence-electron chi connectivity index (χ3n) is 0.704. The van der Waals surface area contributed by atoms with Crippen LogP contribution in [-0.4, -0.2) is 18.4 Å². The lowest BCUT2D eigenvalue weighted by Gasteiger charge is -1.86. The van der Waals surface area contributed by atoms with Crippen molar-refractivity contribution in [3.8, 4) is 0 Å². The predicted molar refractivity (Wildman–Crippen MR) is 47.3 cm³/mol. The van der Waals surface area contributed by atoms with E-state index in [1.54, 1.807) is 20.2 Å². The molecule has 0 aromatic carbocycles. The van der Waals surface area contributed by atoms with E-state index >= 15 is 0 Å². The van der Waals surface area contributed by atoms with Gasteiger partial charge in [0, 0.05) is 19.3 Å². The monoisotopic (exact) mass is 178 g/mol. The van der Waals surface area contributed by atoms with Gasteiger partial charge in [0.1, 0.15) is 10.3 Å². The number of nitrogens with zero attached hydrogens (tertiary/aromatic N) is 2. The summed E-state index contributed by atoms with van der Waals surface area (Å²) in [6, 6.07) is 0. The minimum absolute atomic E-state index is 0.332. The molecular formula is C6H8Cl2N2. The standard InChI is InChI=1S/C6H8Cl2N2/c1-3-10-6(8)4-5(7)9-2/h3-4H,1-2H3/b6-4-,9-5?,10-3+. The van der Waals surface area contributed by atoms with Crippen LogP contribution in [0.5, 0.6) is 0 Å². The van der Waals surface area contributed by atoms with E-state index in [4.69, 9.17) is 23.2 Å². The summed E-state index contributed by atoms with van der Waals surface area (Å²) in [5.41, 5.74) is 0. The average molecular weight is 179 g/mol. The van der Waals surface area contributed by atoms with Gasteiger partial charge >= 0.3 is 0 Å². The van der Waals surface area contributed by atoms with Gasteiger partial charge in [0.15, 0.2) is 0 Å². The van der Waals surface area contributed by atoms with Crippen molar-refractivity contribution in [2.45, 2.75) is 6.92 Å². The Morgan fingerprint density at radius 1 is 1.40 bits per heavy atom. The molecule has 0 bridgehead atoms. The molecule has 0 N–H and O–H groups in total. The van der Waals surface area contributed by atoms with Gasteiger partial charge in [-0.25, -0.2) is 4.99 Å². The number of halogens is 2. The molecule has 0 aromatic heterocycles. The Hall–Kier alpha value is -0.340. The van der Waals surface area contributed by atoms with E-state index in [1.165, 1.54) is 6.08 Å². The fourth-order valence-corrected chi connectivity index (χ4v) is 0.684. The first kappa shape index (κ1) is 9.66. The zero-order valence-electron chi connectivity index (χ0n) is 5.81. The Labute approximate surface area is 70.3 Å². The lowest BCUT2D eigenvalue weighted by molar-refractivity contribution is 1.45. The highest BCUT2D eigenvalue weighted by Gasteiger charge is 1.88. The van der Waals surface area contributed by atoms with Gasteiger partial charge in [0.05, 0.1) is 0 Å². The minimum Gasteiger partial charge on any atom is -0.276 e. The normalized spacial score (nSPS) is 14.8. The van der Waals surface area contributed by atoms with Crippen LogP contribution in [0, 0.1) is 0 Å². The second kappa shape index (κ2) is 5.45. The summed E-state index contributed by atoms with van der Waals surface area (Å²) in [5, 5.41) is 0.675. The second-order valence-corrected chi connectivity index (χ2v) is 2.18. The Kier molecular flexibility index (Phi) is 5.26. The summed E-state index contributed by atoms with van der Waals surface area (Å²) < 4.78 is 0. The Morgan fingerprint density at radius 2 is 2.00 bits per heavy atom. The maximum atomic E-state index is 5.55. The highest BCUT2D eigenvalue weighted by Crippen LogP contribution is 2.03. The Bertz CT molecular complexity index is 182. The molecule has 0 aromatic rings. The predicted octanol–water partition coefficient (Wildman–Crippen LogP) is 2.42. The van der Waals surface area contributed by atoms with Crippen LogP contribution in [0.4, 0.5) is 0 Å². The van der Waals surface area contributed by atoms with E-state index in [2.05, 4.69) is 9.98 Å². The molecule has 0 rings (SSSR count). The maximum Gasteiger partial charge on any atom is 0.131 e. The number of hydrogen-bond donors (Lipinski definition) is 0. The number of aliphatic imine (C=N–C) groups is 2. The van der Waals surface area contributed by atoms with Crippen molar-refractivity contribution < 1.29 is 0 Å². The van der Waals surface area contributed by atoms with E-state index in [0.717, 1.165) is 0 Å². The van der Waals surface area contributed by atoms with Gasteiger partial charge in [-0.05, 0) is 6.92 Å². The summed E-state index contributed by atoms with van der Waals surface area (Å²) in [6.45, 7) is 1.77. The minimum atomic E-state index is 0.332. The molecule has 0 aliphatic carbocycles. The molecule has 2 nitrogen and oxygen atoms in total. The van der Waals surface area contributed by atoms with Gasteiger partial charge in [-0.1, -0.05) is 23.2 Å². The summed E-state index contributed by atoms with van der Waals surface area (Å²) in [4.78, 5) is 7.41. The first-order valence-electron chi connectivity index (χ1n) is 2.69.